The van der Waals surface area contributed by atoms with Gasteiger partial charge in [0.25, 0.3) is 0 Å². The molecule has 1 amide bonds. The molecule has 1 aliphatic rings. The van der Waals surface area contributed by atoms with Gasteiger partial charge in [-0.25, -0.2) is 9.18 Å². The summed E-state index contributed by atoms with van der Waals surface area (Å²) in [6, 6.07) is 1.35. The molecule has 148 valence electrons. The summed E-state index contributed by atoms with van der Waals surface area (Å²) in [6.07, 6.45) is 3.81. The SMILES string of the molecule is CC(C)(C)OC(=O)NCC(=Cc1cncc(F)c1)B1OC(C)(C)C(C)(C)O1. The maximum absolute atomic E-state index is 13.5. The highest BCUT2D eigenvalue weighted by molar-refractivity contribution is 6.56. The molecule has 27 heavy (non-hydrogen) atoms. The fourth-order valence-corrected chi connectivity index (χ4v) is 2.41. The molecule has 0 unspecified atom stereocenters. The Morgan fingerprint density at radius 3 is 2.37 bits per heavy atom. The molecule has 1 aromatic rings. The molecule has 1 N–H and O–H groups in total. The van der Waals surface area contributed by atoms with Gasteiger partial charge in [0, 0.05) is 12.7 Å². The van der Waals surface area contributed by atoms with Crippen LogP contribution < -0.4 is 5.32 Å². The number of ether oxygens (including phenoxy) is 1. The van der Waals surface area contributed by atoms with E-state index in [0.717, 1.165) is 6.20 Å². The lowest BCUT2D eigenvalue weighted by atomic mass is 9.77. The number of rotatable bonds is 4. The molecule has 0 saturated carbocycles. The van der Waals surface area contributed by atoms with Crippen LogP contribution in [0.4, 0.5) is 9.18 Å². The smallest absolute Gasteiger partial charge is 0.444 e. The second kappa shape index (κ2) is 7.60. The van der Waals surface area contributed by atoms with Crippen LogP contribution in [0.1, 0.15) is 54.0 Å². The van der Waals surface area contributed by atoms with Crippen LogP contribution in [-0.2, 0) is 14.0 Å². The van der Waals surface area contributed by atoms with Gasteiger partial charge in [0.2, 0.25) is 0 Å². The van der Waals surface area contributed by atoms with E-state index < -0.39 is 35.8 Å². The zero-order chi connectivity index (χ0) is 20.5. The first-order chi connectivity index (χ1) is 12.3. The lowest BCUT2D eigenvalue weighted by Crippen LogP contribution is -2.41. The van der Waals surface area contributed by atoms with E-state index in [0.29, 0.717) is 11.0 Å². The van der Waals surface area contributed by atoms with Crippen LogP contribution in [0.15, 0.2) is 23.9 Å². The molecule has 1 aromatic heterocycles. The van der Waals surface area contributed by atoms with Crippen LogP contribution >= 0.6 is 0 Å². The second-order valence-corrected chi connectivity index (χ2v) is 8.60. The van der Waals surface area contributed by atoms with Gasteiger partial charge in [-0.05, 0) is 65.6 Å². The monoisotopic (exact) mass is 378 g/mol. The van der Waals surface area contributed by atoms with Crippen LogP contribution in [0.25, 0.3) is 6.08 Å². The highest BCUT2D eigenvalue weighted by Gasteiger charge is 2.52. The Labute approximate surface area is 160 Å². The van der Waals surface area contributed by atoms with E-state index in [4.69, 9.17) is 14.0 Å². The number of hydrogen-bond acceptors (Lipinski definition) is 5. The molecule has 0 spiro atoms. The van der Waals surface area contributed by atoms with E-state index in [1.807, 2.05) is 27.7 Å². The Hall–Kier alpha value is -1.93. The third-order valence-electron chi connectivity index (χ3n) is 4.47. The lowest BCUT2D eigenvalue weighted by molar-refractivity contribution is 0.00578. The number of pyridine rings is 1. The fraction of sp³-hybridized carbons (Fsp3) is 0.579. The van der Waals surface area contributed by atoms with Crippen molar-refractivity contribution < 1.29 is 23.2 Å². The Balaban J connectivity index is 2.23. The van der Waals surface area contributed by atoms with E-state index >= 15 is 0 Å². The molecule has 0 radical (unpaired) electrons. The second-order valence-electron chi connectivity index (χ2n) is 8.60. The standard InChI is InChI=1S/C19H28BFN2O4/c1-17(2,3)25-16(24)23-11-14(8-13-9-15(21)12-22-10-13)20-26-18(4,5)19(6,7)27-20/h8-10,12H,11H2,1-7H3,(H,23,24). The van der Waals surface area contributed by atoms with Gasteiger partial charge in [0.05, 0.1) is 17.4 Å². The minimum absolute atomic E-state index is 0.127. The summed E-state index contributed by atoms with van der Waals surface area (Å²) >= 11 is 0. The molecular weight excluding hydrogens is 350 g/mol. The molecule has 8 heteroatoms. The van der Waals surface area contributed by atoms with Gasteiger partial charge in [0.15, 0.2) is 0 Å². The van der Waals surface area contributed by atoms with Crippen LogP contribution in [-0.4, -0.2) is 41.5 Å². The van der Waals surface area contributed by atoms with Crippen molar-refractivity contribution in [3.63, 3.8) is 0 Å². The van der Waals surface area contributed by atoms with Crippen molar-refractivity contribution in [1.29, 1.82) is 0 Å². The summed E-state index contributed by atoms with van der Waals surface area (Å²) in [6.45, 7) is 13.3. The van der Waals surface area contributed by atoms with E-state index in [1.165, 1.54) is 12.3 Å². The van der Waals surface area contributed by atoms with Crippen LogP contribution in [0.5, 0.6) is 0 Å². The average molecular weight is 378 g/mol. The largest absolute Gasteiger partial charge is 0.492 e. The fourth-order valence-electron chi connectivity index (χ4n) is 2.41. The number of halogens is 1. The lowest BCUT2D eigenvalue weighted by Gasteiger charge is -2.32. The minimum Gasteiger partial charge on any atom is -0.444 e. The summed E-state index contributed by atoms with van der Waals surface area (Å²) in [5.74, 6) is -0.447. The molecule has 0 aromatic carbocycles. The van der Waals surface area contributed by atoms with Gasteiger partial charge < -0.3 is 19.4 Å². The molecule has 0 bridgehead atoms. The quantitative estimate of drug-likeness (QED) is 0.808. The van der Waals surface area contributed by atoms with Gasteiger partial charge in [0.1, 0.15) is 11.4 Å². The van der Waals surface area contributed by atoms with Crippen LogP contribution in [0.2, 0.25) is 0 Å². The highest BCUT2D eigenvalue weighted by atomic mass is 19.1. The molecule has 0 atom stereocenters. The molecule has 1 saturated heterocycles. The Kier molecular flexibility index (Phi) is 6.02. The maximum Gasteiger partial charge on any atom is 0.492 e. The van der Waals surface area contributed by atoms with Gasteiger partial charge in [-0.15, -0.1) is 0 Å². The number of alkyl carbamates (subject to hydrolysis) is 1. The van der Waals surface area contributed by atoms with E-state index in [1.54, 1.807) is 26.8 Å². The first kappa shape index (κ1) is 21.4. The Morgan fingerprint density at radius 2 is 1.85 bits per heavy atom. The van der Waals surface area contributed by atoms with E-state index in [9.17, 15) is 9.18 Å². The summed E-state index contributed by atoms with van der Waals surface area (Å²) < 4.78 is 30.9. The van der Waals surface area contributed by atoms with Crippen LogP contribution in [0.3, 0.4) is 0 Å². The zero-order valence-corrected chi connectivity index (χ0v) is 17.1. The highest BCUT2D eigenvalue weighted by Crippen LogP contribution is 2.38. The van der Waals surface area contributed by atoms with Crippen molar-refractivity contribution in [2.45, 2.75) is 65.3 Å². The maximum atomic E-state index is 13.5. The summed E-state index contributed by atoms with van der Waals surface area (Å²) in [5, 5.41) is 2.70. The molecule has 1 aliphatic heterocycles. The number of hydrogen-bond donors (Lipinski definition) is 1. The van der Waals surface area contributed by atoms with E-state index in [2.05, 4.69) is 10.3 Å². The zero-order valence-electron chi connectivity index (χ0n) is 17.1. The number of nitrogens with one attached hydrogen (secondary N) is 1. The molecule has 2 rings (SSSR count). The van der Waals surface area contributed by atoms with Crippen molar-refractivity contribution in [3.8, 4) is 0 Å². The molecule has 0 aliphatic carbocycles. The number of amides is 1. The first-order valence-corrected chi connectivity index (χ1v) is 8.93. The molecule has 6 nitrogen and oxygen atoms in total. The summed E-state index contributed by atoms with van der Waals surface area (Å²) in [4.78, 5) is 15.9. The number of nitrogens with zero attached hydrogens (tertiary/aromatic N) is 1. The van der Waals surface area contributed by atoms with Crippen molar-refractivity contribution in [2.24, 2.45) is 0 Å². The minimum atomic E-state index is -0.687. The molecule has 2 heterocycles. The van der Waals surface area contributed by atoms with Gasteiger partial charge in [-0.3, -0.25) is 4.98 Å². The third-order valence-corrected chi connectivity index (χ3v) is 4.47. The Bertz CT molecular complexity index is 713. The topological polar surface area (TPSA) is 69.7 Å². The van der Waals surface area contributed by atoms with Crippen molar-refractivity contribution >= 4 is 19.3 Å². The Morgan fingerprint density at radius 1 is 1.26 bits per heavy atom. The number of carbonyl (C=O) groups is 1. The molecule has 1 fully saturated rings. The summed E-state index contributed by atoms with van der Waals surface area (Å²) in [7, 11) is -0.687. The van der Waals surface area contributed by atoms with Crippen molar-refractivity contribution in [1.82, 2.24) is 10.3 Å². The number of carbonyl (C=O) groups excluding carboxylic acids is 1. The van der Waals surface area contributed by atoms with Crippen molar-refractivity contribution in [3.05, 3.63) is 35.3 Å². The van der Waals surface area contributed by atoms with Crippen molar-refractivity contribution in [2.75, 3.05) is 6.54 Å². The van der Waals surface area contributed by atoms with Gasteiger partial charge in [-0.2, -0.15) is 0 Å². The number of aromatic nitrogens is 1. The summed E-state index contributed by atoms with van der Waals surface area (Å²) in [5.41, 5.74) is -0.506. The third kappa shape index (κ3) is 5.77. The van der Waals surface area contributed by atoms with Crippen LogP contribution in [0, 0.1) is 5.82 Å². The predicted octanol–water partition coefficient (Wildman–Crippen LogP) is 3.76. The van der Waals surface area contributed by atoms with Gasteiger partial charge in [-0.1, -0.05) is 6.08 Å². The van der Waals surface area contributed by atoms with Gasteiger partial charge >= 0.3 is 13.2 Å². The molecular formula is C19H28BFN2O4. The first-order valence-electron chi connectivity index (χ1n) is 8.93. The normalized spacial score (nSPS) is 19.1. The predicted molar refractivity (Wildman–Crippen MR) is 102 cm³/mol. The average Bonchev–Trinajstić information content (AvgIpc) is 2.70. The van der Waals surface area contributed by atoms with E-state index in [-0.39, 0.29) is 6.54 Å².